The van der Waals surface area contributed by atoms with Crippen LogP contribution in [0.3, 0.4) is 0 Å². The maximum absolute atomic E-state index is 4.49. The first-order valence-electron chi connectivity index (χ1n) is 7.78. The van der Waals surface area contributed by atoms with Gasteiger partial charge in [0.1, 0.15) is 0 Å². The highest BCUT2D eigenvalue weighted by Crippen LogP contribution is 2.29. The van der Waals surface area contributed by atoms with E-state index in [4.69, 9.17) is 0 Å². The number of aliphatic imine (C=N–C) groups is 1. The summed E-state index contributed by atoms with van der Waals surface area (Å²) in [6, 6.07) is 0. The predicted molar refractivity (Wildman–Crippen MR) is 105 cm³/mol. The highest BCUT2D eigenvalue weighted by atomic mass is 127. The van der Waals surface area contributed by atoms with Crippen LogP contribution in [-0.4, -0.2) is 73.1 Å². The molecular formula is C15H31IN4S. The van der Waals surface area contributed by atoms with E-state index in [1.54, 1.807) is 0 Å². The molecule has 2 rings (SSSR count). The maximum atomic E-state index is 4.49. The lowest BCUT2D eigenvalue weighted by atomic mass is 9.98. The minimum atomic E-state index is 0. The van der Waals surface area contributed by atoms with Crippen LogP contribution in [0.25, 0.3) is 0 Å². The van der Waals surface area contributed by atoms with Crippen molar-refractivity contribution in [2.45, 2.75) is 31.4 Å². The summed E-state index contributed by atoms with van der Waals surface area (Å²) in [5.41, 5.74) is 0. The van der Waals surface area contributed by atoms with Crippen LogP contribution < -0.4 is 5.32 Å². The molecule has 1 atom stereocenters. The van der Waals surface area contributed by atoms with Crippen LogP contribution in [0, 0.1) is 5.92 Å². The molecule has 1 unspecified atom stereocenters. The fraction of sp³-hybridized carbons (Fsp3) is 0.933. The quantitative estimate of drug-likeness (QED) is 0.417. The van der Waals surface area contributed by atoms with Gasteiger partial charge in [-0.1, -0.05) is 0 Å². The topological polar surface area (TPSA) is 30.9 Å². The minimum absolute atomic E-state index is 0. The molecular weight excluding hydrogens is 395 g/mol. The third-order valence-electron chi connectivity index (χ3n) is 4.21. The fourth-order valence-electron chi connectivity index (χ4n) is 3.20. The first kappa shape index (κ1) is 19.4. The number of thioether (sulfide) groups is 1. The Balaban J connectivity index is 0.00000220. The van der Waals surface area contributed by atoms with Crippen molar-refractivity contribution in [2.75, 3.05) is 52.6 Å². The van der Waals surface area contributed by atoms with Gasteiger partial charge in [0, 0.05) is 43.7 Å². The van der Waals surface area contributed by atoms with Crippen LogP contribution in [0.2, 0.25) is 0 Å². The van der Waals surface area contributed by atoms with Crippen molar-refractivity contribution in [3.63, 3.8) is 0 Å². The third kappa shape index (κ3) is 6.14. The molecule has 0 amide bonds. The molecule has 2 fully saturated rings. The van der Waals surface area contributed by atoms with Crippen LogP contribution in [0.5, 0.6) is 0 Å². The molecule has 1 N–H and O–H groups in total. The lowest BCUT2D eigenvalue weighted by molar-refractivity contribution is 0.209. The lowest BCUT2D eigenvalue weighted by Crippen LogP contribution is -2.52. The van der Waals surface area contributed by atoms with Crippen molar-refractivity contribution in [2.24, 2.45) is 10.9 Å². The summed E-state index contributed by atoms with van der Waals surface area (Å²) in [6.45, 7) is 10.4. The Bertz CT molecular complexity index is 349. The van der Waals surface area contributed by atoms with E-state index in [1.165, 1.54) is 31.7 Å². The second kappa shape index (κ2) is 8.82. The van der Waals surface area contributed by atoms with Gasteiger partial charge in [-0.2, -0.15) is 11.8 Å². The highest BCUT2D eigenvalue weighted by molar-refractivity contribution is 14.0. The van der Waals surface area contributed by atoms with E-state index in [2.05, 4.69) is 52.8 Å². The average molecular weight is 426 g/mol. The molecule has 0 spiro atoms. The van der Waals surface area contributed by atoms with E-state index >= 15 is 0 Å². The molecule has 2 aliphatic heterocycles. The van der Waals surface area contributed by atoms with Gasteiger partial charge in [-0.3, -0.25) is 4.99 Å². The Morgan fingerprint density at radius 3 is 2.76 bits per heavy atom. The van der Waals surface area contributed by atoms with E-state index in [0.29, 0.717) is 4.75 Å². The van der Waals surface area contributed by atoms with Crippen molar-refractivity contribution in [1.29, 1.82) is 0 Å². The van der Waals surface area contributed by atoms with E-state index in [-0.39, 0.29) is 24.0 Å². The molecule has 0 aromatic rings. The van der Waals surface area contributed by atoms with Crippen molar-refractivity contribution in [1.82, 2.24) is 15.1 Å². The zero-order valence-electron chi connectivity index (χ0n) is 13.9. The van der Waals surface area contributed by atoms with Crippen molar-refractivity contribution in [3.05, 3.63) is 0 Å². The maximum Gasteiger partial charge on any atom is 0.193 e. The molecule has 0 radical (unpaired) electrons. The molecule has 0 aromatic carbocycles. The van der Waals surface area contributed by atoms with Gasteiger partial charge in [-0.15, -0.1) is 24.0 Å². The highest BCUT2D eigenvalue weighted by Gasteiger charge is 2.29. The first-order valence-corrected chi connectivity index (χ1v) is 8.77. The Labute approximate surface area is 151 Å². The van der Waals surface area contributed by atoms with E-state index in [1.807, 2.05) is 7.05 Å². The Morgan fingerprint density at radius 2 is 2.14 bits per heavy atom. The normalized spacial score (nSPS) is 27.1. The van der Waals surface area contributed by atoms with Crippen LogP contribution >= 0.6 is 35.7 Å². The third-order valence-corrected chi connectivity index (χ3v) is 5.51. The molecule has 2 heterocycles. The van der Waals surface area contributed by atoms with Gasteiger partial charge in [0.05, 0.1) is 0 Å². The van der Waals surface area contributed by atoms with Gasteiger partial charge in [0.25, 0.3) is 0 Å². The van der Waals surface area contributed by atoms with Crippen LogP contribution in [0.4, 0.5) is 0 Å². The van der Waals surface area contributed by atoms with Crippen LogP contribution in [0.1, 0.15) is 26.7 Å². The van der Waals surface area contributed by atoms with E-state index in [9.17, 15) is 0 Å². The second-order valence-corrected chi connectivity index (χ2v) is 8.53. The van der Waals surface area contributed by atoms with Gasteiger partial charge < -0.3 is 15.1 Å². The number of nitrogens with zero attached hydrogens (tertiary/aromatic N) is 3. The molecule has 124 valence electrons. The van der Waals surface area contributed by atoms with Crippen molar-refractivity contribution < 1.29 is 0 Å². The Hall–Kier alpha value is 0.310. The van der Waals surface area contributed by atoms with Gasteiger partial charge in [0.15, 0.2) is 5.96 Å². The minimum Gasteiger partial charge on any atom is -0.356 e. The molecule has 0 saturated carbocycles. The smallest absolute Gasteiger partial charge is 0.193 e. The number of piperidine rings is 1. The van der Waals surface area contributed by atoms with Gasteiger partial charge in [-0.25, -0.2) is 0 Å². The molecule has 0 aromatic heterocycles. The number of likely N-dealkylation sites (tertiary alicyclic amines) is 1. The number of rotatable bonds is 2. The SMILES string of the molecule is CN=C(NCC1CCCN(C)C1)N1CCSC(C)(C)C1.I. The predicted octanol–water partition coefficient (Wildman–Crippen LogP) is 2.35. The Kier molecular flexibility index (Phi) is 8.13. The summed E-state index contributed by atoms with van der Waals surface area (Å²) < 4.78 is 0.334. The monoisotopic (exact) mass is 426 g/mol. The molecule has 4 nitrogen and oxygen atoms in total. The zero-order chi connectivity index (χ0) is 14.6. The van der Waals surface area contributed by atoms with Gasteiger partial charge in [-0.05, 0) is 46.2 Å². The van der Waals surface area contributed by atoms with Crippen LogP contribution in [0.15, 0.2) is 4.99 Å². The molecule has 21 heavy (non-hydrogen) atoms. The number of nitrogens with one attached hydrogen (secondary N) is 1. The summed E-state index contributed by atoms with van der Waals surface area (Å²) in [7, 11) is 4.13. The summed E-state index contributed by atoms with van der Waals surface area (Å²) in [5.74, 6) is 3.05. The summed E-state index contributed by atoms with van der Waals surface area (Å²) in [6.07, 6.45) is 2.67. The Morgan fingerprint density at radius 1 is 1.38 bits per heavy atom. The molecule has 2 aliphatic rings. The summed E-state index contributed by atoms with van der Waals surface area (Å²) in [5, 5.41) is 3.61. The number of halogens is 1. The number of hydrogen-bond acceptors (Lipinski definition) is 3. The molecule has 6 heteroatoms. The summed E-state index contributed by atoms with van der Waals surface area (Å²) >= 11 is 2.07. The van der Waals surface area contributed by atoms with E-state index < -0.39 is 0 Å². The molecule has 0 aliphatic carbocycles. The fourth-order valence-corrected chi connectivity index (χ4v) is 4.32. The van der Waals surface area contributed by atoms with Crippen molar-refractivity contribution >= 4 is 41.7 Å². The standard InChI is InChI=1S/C15H30N4S.HI/c1-15(2)12-19(8-9-20-15)14(16-3)17-10-13-6-5-7-18(4)11-13;/h13H,5-12H2,1-4H3,(H,16,17);1H. The first-order chi connectivity index (χ1) is 9.50. The zero-order valence-corrected chi connectivity index (χ0v) is 17.0. The molecule has 0 bridgehead atoms. The van der Waals surface area contributed by atoms with E-state index in [0.717, 1.165) is 31.5 Å². The lowest BCUT2D eigenvalue weighted by Gasteiger charge is -2.39. The van der Waals surface area contributed by atoms with Crippen molar-refractivity contribution in [3.8, 4) is 0 Å². The van der Waals surface area contributed by atoms with Gasteiger partial charge in [0.2, 0.25) is 0 Å². The number of hydrogen-bond donors (Lipinski definition) is 1. The van der Waals surface area contributed by atoms with Crippen LogP contribution in [-0.2, 0) is 0 Å². The largest absolute Gasteiger partial charge is 0.356 e. The molecule has 2 saturated heterocycles. The number of guanidine groups is 1. The summed E-state index contributed by atoms with van der Waals surface area (Å²) in [4.78, 5) is 9.35. The second-order valence-electron chi connectivity index (χ2n) is 6.73. The van der Waals surface area contributed by atoms with Gasteiger partial charge >= 0.3 is 0 Å². The average Bonchev–Trinajstić information content (AvgIpc) is 2.38.